The first-order valence-corrected chi connectivity index (χ1v) is 8.26. The molecule has 0 saturated heterocycles. The van der Waals surface area contributed by atoms with E-state index in [2.05, 4.69) is 30.7 Å². The van der Waals surface area contributed by atoms with Crippen LogP contribution < -0.4 is 11.2 Å². The molecule has 6 nitrogen and oxygen atoms in total. The van der Waals surface area contributed by atoms with Gasteiger partial charge in [-0.05, 0) is 18.8 Å². The molecule has 0 aromatic carbocycles. The molecule has 0 spiro atoms. The first-order valence-electron chi connectivity index (χ1n) is 7.28. The van der Waals surface area contributed by atoms with E-state index in [9.17, 15) is 9.59 Å². The third kappa shape index (κ3) is 3.23. The number of rotatable bonds is 6. The van der Waals surface area contributed by atoms with Crippen molar-refractivity contribution < 1.29 is 0 Å². The molecular formula is C14H22N4O2S. The molecule has 0 radical (unpaired) electrons. The van der Waals surface area contributed by atoms with Gasteiger partial charge in [-0.2, -0.15) is 0 Å². The second-order valence-corrected chi connectivity index (χ2v) is 6.63. The van der Waals surface area contributed by atoms with Crippen LogP contribution in [0.3, 0.4) is 0 Å². The maximum Gasteiger partial charge on any atom is 0.329 e. The fraction of sp³-hybridized carbons (Fsp3) is 0.643. The van der Waals surface area contributed by atoms with E-state index in [4.69, 9.17) is 0 Å². The van der Waals surface area contributed by atoms with Crippen LogP contribution in [0, 0.1) is 5.92 Å². The van der Waals surface area contributed by atoms with Crippen LogP contribution in [0.5, 0.6) is 0 Å². The number of nitrogens with zero attached hydrogens (tertiary/aromatic N) is 3. The van der Waals surface area contributed by atoms with E-state index in [-0.39, 0.29) is 5.56 Å². The van der Waals surface area contributed by atoms with Crippen LogP contribution in [0.25, 0.3) is 11.2 Å². The Kier molecular flexibility index (Phi) is 4.92. The van der Waals surface area contributed by atoms with Gasteiger partial charge in [0, 0.05) is 19.3 Å². The second kappa shape index (κ2) is 6.51. The Hall–Kier alpha value is -1.50. The maximum atomic E-state index is 12.2. The standard InChI is InChI=1S/C14H22N4O2S/c1-5-8-21-14-15-11-10(18(14)7-6-9(2)3)12(19)16-13(20)17(11)4/h9H,5-8H2,1-4H3,(H,16,19,20). The summed E-state index contributed by atoms with van der Waals surface area (Å²) in [7, 11) is 1.63. The van der Waals surface area contributed by atoms with Gasteiger partial charge in [0.2, 0.25) is 0 Å². The van der Waals surface area contributed by atoms with E-state index in [0.717, 1.165) is 30.3 Å². The van der Waals surface area contributed by atoms with E-state index in [0.29, 0.717) is 17.1 Å². The summed E-state index contributed by atoms with van der Waals surface area (Å²) in [5, 5.41) is 0.819. The number of fused-ring (bicyclic) bond motifs is 1. The Morgan fingerprint density at radius 2 is 2.05 bits per heavy atom. The number of hydrogen-bond acceptors (Lipinski definition) is 4. The molecular weight excluding hydrogens is 288 g/mol. The Balaban J connectivity index is 2.62. The predicted molar refractivity (Wildman–Crippen MR) is 86.1 cm³/mol. The van der Waals surface area contributed by atoms with Gasteiger partial charge >= 0.3 is 5.69 Å². The van der Waals surface area contributed by atoms with Gasteiger partial charge in [-0.15, -0.1) is 0 Å². The van der Waals surface area contributed by atoms with Gasteiger partial charge in [0.25, 0.3) is 5.56 Å². The quantitative estimate of drug-likeness (QED) is 0.828. The van der Waals surface area contributed by atoms with Gasteiger partial charge in [-0.3, -0.25) is 14.3 Å². The third-order valence-electron chi connectivity index (χ3n) is 3.34. The highest BCUT2D eigenvalue weighted by Crippen LogP contribution is 2.23. The van der Waals surface area contributed by atoms with Crippen molar-refractivity contribution >= 4 is 22.9 Å². The first kappa shape index (κ1) is 15.9. The highest BCUT2D eigenvalue weighted by Gasteiger charge is 2.17. The average molecular weight is 310 g/mol. The molecule has 0 unspecified atom stereocenters. The molecule has 0 aliphatic heterocycles. The van der Waals surface area contributed by atoms with Gasteiger partial charge in [0.1, 0.15) is 0 Å². The van der Waals surface area contributed by atoms with E-state index < -0.39 is 5.69 Å². The van der Waals surface area contributed by atoms with Crippen LogP contribution in [0.2, 0.25) is 0 Å². The normalized spacial score (nSPS) is 11.7. The fourth-order valence-electron chi connectivity index (χ4n) is 2.11. The number of thioether (sulfide) groups is 1. The van der Waals surface area contributed by atoms with Crippen molar-refractivity contribution in [2.45, 2.75) is 45.3 Å². The van der Waals surface area contributed by atoms with Crippen molar-refractivity contribution in [3.05, 3.63) is 20.8 Å². The van der Waals surface area contributed by atoms with Crippen molar-refractivity contribution in [2.75, 3.05) is 5.75 Å². The number of imidazole rings is 1. The van der Waals surface area contributed by atoms with Crippen LogP contribution in [-0.4, -0.2) is 24.9 Å². The summed E-state index contributed by atoms with van der Waals surface area (Å²) >= 11 is 1.63. The average Bonchev–Trinajstić information content (AvgIpc) is 2.79. The number of aryl methyl sites for hydroxylation is 2. The predicted octanol–water partition coefficient (Wildman–Crippen LogP) is 1.97. The number of aromatic nitrogens is 4. The van der Waals surface area contributed by atoms with E-state index in [1.54, 1.807) is 18.8 Å². The molecule has 7 heteroatoms. The van der Waals surface area contributed by atoms with Gasteiger partial charge in [0.05, 0.1) is 0 Å². The number of H-pyrrole nitrogens is 1. The summed E-state index contributed by atoms with van der Waals surface area (Å²) in [6, 6.07) is 0. The molecule has 0 fully saturated rings. The molecule has 2 aromatic heterocycles. The summed E-state index contributed by atoms with van der Waals surface area (Å²) < 4.78 is 3.35. The SMILES string of the molecule is CCCSc1nc2c(c(=O)[nH]c(=O)n2C)n1CCC(C)C. The molecule has 2 aromatic rings. The molecule has 0 amide bonds. The van der Waals surface area contributed by atoms with Crippen molar-refractivity contribution in [1.29, 1.82) is 0 Å². The molecule has 0 bridgehead atoms. The van der Waals surface area contributed by atoms with Crippen molar-refractivity contribution in [2.24, 2.45) is 13.0 Å². The number of nitrogens with one attached hydrogen (secondary N) is 1. The van der Waals surface area contributed by atoms with Crippen molar-refractivity contribution in [3.8, 4) is 0 Å². The zero-order chi connectivity index (χ0) is 15.6. The Labute approximate surface area is 127 Å². The Morgan fingerprint density at radius 1 is 1.33 bits per heavy atom. The van der Waals surface area contributed by atoms with Gasteiger partial charge in [0.15, 0.2) is 16.3 Å². The maximum absolute atomic E-state index is 12.2. The minimum Gasteiger partial charge on any atom is -0.313 e. The van der Waals surface area contributed by atoms with Gasteiger partial charge in [-0.1, -0.05) is 32.5 Å². The summed E-state index contributed by atoms with van der Waals surface area (Å²) in [4.78, 5) is 30.8. The lowest BCUT2D eigenvalue weighted by molar-refractivity contribution is 0.503. The minimum atomic E-state index is -0.423. The summed E-state index contributed by atoms with van der Waals surface area (Å²) in [6.07, 6.45) is 2.00. The molecule has 0 saturated carbocycles. The number of hydrogen-bond donors (Lipinski definition) is 1. The molecule has 1 N–H and O–H groups in total. The highest BCUT2D eigenvalue weighted by molar-refractivity contribution is 7.99. The monoisotopic (exact) mass is 310 g/mol. The lowest BCUT2D eigenvalue weighted by atomic mass is 10.1. The van der Waals surface area contributed by atoms with Gasteiger partial charge in [-0.25, -0.2) is 9.78 Å². The van der Waals surface area contributed by atoms with Crippen molar-refractivity contribution in [3.63, 3.8) is 0 Å². The summed E-state index contributed by atoms with van der Waals surface area (Å²) in [6.45, 7) is 7.15. The molecule has 21 heavy (non-hydrogen) atoms. The molecule has 0 aliphatic rings. The summed E-state index contributed by atoms with van der Waals surface area (Å²) in [5.74, 6) is 1.48. The van der Waals surface area contributed by atoms with E-state index >= 15 is 0 Å². The van der Waals surface area contributed by atoms with Crippen LogP contribution in [0.1, 0.15) is 33.6 Å². The highest BCUT2D eigenvalue weighted by atomic mass is 32.2. The van der Waals surface area contributed by atoms with Crippen LogP contribution >= 0.6 is 11.8 Å². The fourth-order valence-corrected chi connectivity index (χ4v) is 2.99. The lowest BCUT2D eigenvalue weighted by Gasteiger charge is -2.09. The Bertz CT molecular complexity index is 742. The van der Waals surface area contributed by atoms with Crippen LogP contribution in [0.4, 0.5) is 0 Å². The Morgan fingerprint density at radius 3 is 2.67 bits per heavy atom. The van der Waals surface area contributed by atoms with Gasteiger partial charge < -0.3 is 4.57 Å². The van der Waals surface area contributed by atoms with Crippen LogP contribution in [0.15, 0.2) is 14.7 Å². The third-order valence-corrected chi connectivity index (χ3v) is 4.52. The molecule has 0 aliphatic carbocycles. The number of aromatic amines is 1. The molecule has 2 heterocycles. The topological polar surface area (TPSA) is 72.7 Å². The van der Waals surface area contributed by atoms with Crippen LogP contribution in [-0.2, 0) is 13.6 Å². The second-order valence-electron chi connectivity index (χ2n) is 5.57. The lowest BCUT2D eigenvalue weighted by Crippen LogP contribution is -2.29. The van der Waals surface area contributed by atoms with E-state index in [1.807, 2.05) is 4.57 Å². The minimum absolute atomic E-state index is 0.354. The zero-order valence-corrected chi connectivity index (χ0v) is 13.8. The smallest absolute Gasteiger partial charge is 0.313 e. The first-order chi connectivity index (χ1) is 9.95. The largest absolute Gasteiger partial charge is 0.329 e. The summed E-state index contributed by atoms with van der Waals surface area (Å²) in [5.41, 5.74) is 0.184. The van der Waals surface area contributed by atoms with E-state index in [1.165, 1.54) is 4.57 Å². The molecule has 116 valence electrons. The molecule has 0 atom stereocenters. The zero-order valence-electron chi connectivity index (χ0n) is 13.0. The molecule has 2 rings (SSSR count). The van der Waals surface area contributed by atoms with Crippen molar-refractivity contribution in [1.82, 2.24) is 19.1 Å².